The minimum Gasteiger partial charge on any atom is -0.363 e. The van der Waals surface area contributed by atoms with Crippen LogP contribution in [0.4, 0.5) is 10.2 Å². The summed E-state index contributed by atoms with van der Waals surface area (Å²) < 4.78 is 13.7. The molecule has 100 valence electrons. The summed E-state index contributed by atoms with van der Waals surface area (Å²) in [6, 6.07) is 8.55. The molecule has 0 amide bonds. The molecule has 0 aliphatic rings. The van der Waals surface area contributed by atoms with E-state index in [1.807, 2.05) is 19.1 Å². The van der Waals surface area contributed by atoms with Crippen LogP contribution in [-0.2, 0) is 6.42 Å². The number of nitrogens with zero attached hydrogens (tertiary/aromatic N) is 2. The van der Waals surface area contributed by atoms with Crippen LogP contribution in [0.5, 0.6) is 0 Å². The lowest BCUT2D eigenvalue weighted by Crippen LogP contribution is -2.10. The maximum atomic E-state index is 13.7. The van der Waals surface area contributed by atoms with Crippen molar-refractivity contribution < 1.29 is 4.39 Å². The highest BCUT2D eigenvalue weighted by Gasteiger charge is 2.10. The monoisotopic (exact) mass is 259 g/mol. The number of aryl methyl sites for hydroxylation is 1. The molecule has 1 aromatic heterocycles. The van der Waals surface area contributed by atoms with Crippen LogP contribution in [-0.4, -0.2) is 9.97 Å². The Morgan fingerprint density at radius 3 is 2.79 bits per heavy atom. The SMILES string of the molecule is CCCc1cc(NC(C)c2ccccc2F)ncn1. The normalized spacial score (nSPS) is 12.2. The van der Waals surface area contributed by atoms with Crippen LogP contribution in [0.1, 0.15) is 37.6 Å². The maximum absolute atomic E-state index is 13.7. The summed E-state index contributed by atoms with van der Waals surface area (Å²) in [5.74, 6) is 0.527. The highest BCUT2D eigenvalue weighted by Crippen LogP contribution is 2.20. The summed E-state index contributed by atoms with van der Waals surface area (Å²) in [6.07, 6.45) is 3.51. The zero-order chi connectivity index (χ0) is 13.7. The molecule has 0 saturated carbocycles. The van der Waals surface area contributed by atoms with Crippen molar-refractivity contribution in [2.45, 2.75) is 32.7 Å². The number of hydrogen-bond donors (Lipinski definition) is 1. The molecule has 1 heterocycles. The van der Waals surface area contributed by atoms with E-state index in [9.17, 15) is 4.39 Å². The third-order valence-corrected chi connectivity index (χ3v) is 2.97. The maximum Gasteiger partial charge on any atom is 0.130 e. The van der Waals surface area contributed by atoms with Gasteiger partial charge in [-0.1, -0.05) is 31.5 Å². The molecule has 3 nitrogen and oxygen atoms in total. The van der Waals surface area contributed by atoms with Gasteiger partial charge < -0.3 is 5.32 Å². The zero-order valence-electron chi connectivity index (χ0n) is 11.2. The number of halogens is 1. The van der Waals surface area contributed by atoms with E-state index in [2.05, 4.69) is 22.2 Å². The molecule has 0 aliphatic heterocycles. The molecule has 1 aromatic carbocycles. The van der Waals surface area contributed by atoms with E-state index in [1.165, 1.54) is 6.07 Å². The van der Waals surface area contributed by atoms with Crippen LogP contribution in [0.25, 0.3) is 0 Å². The van der Waals surface area contributed by atoms with Gasteiger partial charge in [0.05, 0.1) is 6.04 Å². The predicted molar refractivity (Wildman–Crippen MR) is 74.5 cm³/mol. The number of aromatic nitrogens is 2. The molecule has 1 N–H and O–H groups in total. The lowest BCUT2D eigenvalue weighted by Gasteiger charge is -2.15. The first-order valence-corrected chi connectivity index (χ1v) is 6.52. The number of hydrogen-bond acceptors (Lipinski definition) is 3. The minimum atomic E-state index is -0.203. The summed E-state index contributed by atoms with van der Waals surface area (Å²) in [5, 5.41) is 3.21. The van der Waals surface area contributed by atoms with Crippen LogP contribution < -0.4 is 5.32 Å². The number of nitrogens with one attached hydrogen (secondary N) is 1. The van der Waals surface area contributed by atoms with Crippen molar-refractivity contribution in [3.8, 4) is 0 Å². The summed E-state index contributed by atoms with van der Waals surface area (Å²) in [5.41, 5.74) is 1.64. The van der Waals surface area contributed by atoms with Gasteiger partial charge in [0.25, 0.3) is 0 Å². The van der Waals surface area contributed by atoms with Crippen LogP contribution >= 0.6 is 0 Å². The molecule has 2 aromatic rings. The van der Waals surface area contributed by atoms with Crippen molar-refractivity contribution >= 4 is 5.82 Å². The third kappa shape index (κ3) is 3.50. The standard InChI is InChI=1S/C15H18FN3/c1-3-6-12-9-15(18-10-17-12)19-11(2)13-7-4-5-8-14(13)16/h4-5,7-11H,3,6H2,1-2H3,(H,17,18,19). The van der Waals surface area contributed by atoms with Crippen LogP contribution in [0, 0.1) is 5.82 Å². The molecule has 2 rings (SSSR count). The molecular weight excluding hydrogens is 241 g/mol. The van der Waals surface area contributed by atoms with Gasteiger partial charge in [0, 0.05) is 17.3 Å². The van der Waals surface area contributed by atoms with Gasteiger partial charge in [-0.3, -0.25) is 0 Å². The number of benzene rings is 1. The quantitative estimate of drug-likeness (QED) is 0.888. The zero-order valence-corrected chi connectivity index (χ0v) is 11.2. The van der Waals surface area contributed by atoms with Crippen molar-refractivity contribution in [1.82, 2.24) is 9.97 Å². The van der Waals surface area contributed by atoms with E-state index in [4.69, 9.17) is 0 Å². The van der Waals surface area contributed by atoms with E-state index in [0.717, 1.165) is 24.4 Å². The fourth-order valence-corrected chi connectivity index (χ4v) is 2.00. The summed E-state index contributed by atoms with van der Waals surface area (Å²) in [4.78, 5) is 8.37. The lowest BCUT2D eigenvalue weighted by atomic mass is 10.1. The van der Waals surface area contributed by atoms with Gasteiger partial charge in [-0.25, -0.2) is 14.4 Å². The first-order valence-electron chi connectivity index (χ1n) is 6.52. The molecule has 0 radical (unpaired) electrons. The molecular formula is C15H18FN3. The van der Waals surface area contributed by atoms with Gasteiger partial charge >= 0.3 is 0 Å². The number of anilines is 1. The van der Waals surface area contributed by atoms with Gasteiger partial charge in [-0.05, 0) is 19.4 Å². The predicted octanol–water partition coefficient (Wildman–Crippen LogP) is 3.74. The molecule has 0 spiro atoms. The Hall–Kier alpha value is -1.97. The Kier molecular flexibility index (Phi) is 4.44. The van der Waals surface area contributed by atoms with E-state index in [-0.39, 0.29) is 11.9 Å². The Labute approximate surface area is 112 Å². The van der Waals surface area contributed by atoms with Crippen molar-refractivity contribution in [3.63, 3.8) is 0 Å². The smallest absolute Gasteiger partial charge is 0.130 e. The van der Waals surface area contributed by atoms with Crippen LogP contribution in [0.15, 0.2) is 36.7 Å². The first-order chi connectivity index (χ1) is 9.20. The first kappa shape index (κ1) is 13.5. The fraction of sp³-hybridized carbons (Fsp3) is 0.333. The third-order valence-electron chi connectivity index (χ3n) is 2.97. The largest absolute Gasteiger partial charge is 0.363 e. The average molecular weight is 259 g/mol. The van der Waals surface area contributed by atoms with Crippen LogP contribution in [0.2, 0.25) is 0 Å². The second kappa shape index (κ2) is 6.27. The van der Waals surface area contributed by atoms with Gasteiger partial charge in [0.2, 0.25) is 0 Å². The Morgan fingerprint density at radius 2 is 2.05 bits per heavy atom. The fourth-order valence-electron chi connectivity index (χ4n) is 2.00. The Morgan fingerprint density at radius 1 is 1.26 bits per heavy atom. The second-order valence-electron chi connectivity index (χ2n) is 4.53. The van der Waals surface area contributed by atoms with Gasteiger partial charge in [-0.2, -0.15) is 0 Å². The van der Waals surface area contributed by atoms with E-state index < -0.39 is 0 Å². The van der Waals surface area contributed by atoms with Gasteiger partial charge in [-0.15, -0.1) is 0 Å². The Bertz CT molecular complexity index is 542. The molecule has 0 bridgehead atoms. The molecule has 19 heavy (non-hydrogen) atoms. The molecule has 1 atom stereocenters. The van der Waals surface area contributed by atoms with Crippen LogP contribution in [0.3, 0.4) is 0 Å². The lowest BCUT2D eigenvalue weighted by molar-refractivity contribution is 0.600. The summed E-state index contributed by atoms with van der Waals surface area (Å²) in [7, 11) is 0. The molecule has 1 unspecified atom stereocenters. The van der Waals surface area contributed by atoms with Crippen molar-refractivity contribution in [3.05, 3.63) is 53.7 Å². The van der Waals surface area contributed by atoms with Gasteiger partial charge in [0.1, 0.15) is 18.0 Å². The summed E-state index contributed by atoms with van der Waals surface area (Å²) in [6.45, 7) is 4.02. The number of rotatable bonds is 5. The average Bonchev–Trinajstić information content (AvgIpc) is 2.40. The molecule has 0 fully saturated rings. The topological polar surface area (TPSA) is 37.8 Å². The molecule has 0 aliphatic carbocycles. The van der Waals surface area contributed by atoms with Gasteiger partial charge in [0.15, 0.2) is 0 Å². The van der Waals surface area contributed by atoms with Crippen molar-refractivity contribution in [2.75, 3.05) is 5.32 Å². The van der Waals surface area contributed by atoms with E-state index in [0.29, 0.717) is 5.56 Å². The highest BCUT2D eigenvalue weighted by atomic mass is 19.1. The minimum absolute atomic E-state index is 0.134. The van der Waals surface area contributed by atoms with Crippen molar-refractivity contribution in [2.24, 2.45) is 0 Å². The highest BCUT2D eigenvalue weighted by molar-refractivity contribution is 5.38. The molecule has 0 saturated heterocycles. The molecule has 4 heteroatoms. The summed E-state index contributed by atoms with van der Waals surface area (Å²) >= 11 is 0. The Balaban J connectivity index is 2.12. The van der Waals surface area contributed by atoms with Crippen molar-refractivity contribution in [1.29, 1.82) is 0 Å². The van der Waals surface area contributed by atoms with E-state index in [1.54, 1.807) is 18.5 Å². The van der Waals surface area contributed by atoms with E-state index >= 15 is 0 Å². The second-order valence-corrected chi connectivity index (χ2v) is 4.53.